The molecule has 0 unspecified atom stereocenters. The second-order valence-electron chi connectivity index (χ2n) is 5.90. The molecule has 0 saturated heterocycles. The Morgan fingerprint density at radius 3 is 2.04 bits per heavy atom. The van der Waals surface area contributed by atoms with Crippen LogP contribution in [0.1, 0.15) is 16.7 Å². The van der Waals surface area contributed by atoms with Crippen LogP contribution in [-0.2, 0) is 23.9 Å². The summed E-state index contributed by atoms with van der Waals surface area (Å²) in [6.07, 6.45) is -0.265. The molecule has 3 rings (SSSR count). The summed E-state index contributed by atoms with van der Waals surface area (Å²) in [5.41, 5.74) is 1.79. The minimum Gasteiger partial charge on any atom is -0.352 e. The van der Waals surface area contributed by atoms with E-state index in [0.29, 0.717) is 5.56 Å². The number of rotatable bonds is 5. The molecule has 1 aromatic heterocycles. The normalized spacial score (nSPS) is 11.3. The Bertz CT molecular complexity index is 852. The molecule has 6 heteroatoms. The van der Waals surface area contributed by atoms with Gasteiger partial charge in [-0.15, -0.1) is 0 Å². The average molecular weight is 358 g/mol. The number of carbonyl (C=O) groups excluding carboxylic acids is 1. The lowest BCUT2D eigenvalue weighted by molar-refractivity contribution is -0.137. The summed E-state index contributed by atoms with van der Waals surface area (Å²) in [6, 6.07) is 16.3. The summed E-state index contributed by atoms with van der Waals surface area (Å²) in [7, 11) is 0. The van der Waals surface area contributed by atoms with Crippen LogP contribution in [0.2, 0.25) is 0 Å². The molecule has 26 heavy (non-hydrogen) atoms. The van der Waals surface area contributed by atoms with Gasteiger partial charge in [0.15, 0.2) is 0 Å². The zero-order valence-electron chi connectivity index (χ0n) is 13.8. The quantitative estimate of drug-likeness (QED) is 0.723. The SMILES string of the molecule is O=C(Cc1ccc(-n2cccc2)cc1)NCc1ccc(C(F)(F)F)cc1. The number of carbonyl (C=O) groups is 1. The predicted octanol–water partition coefficient (Wildman–Crippen LogP) is 4.36. The molecule has 1 N–H and O–H groups in total. The van der Waals surface area contributed by atoms with E-state index < -0.39 is 11.7 Å². The van der Waals surface area contributed by atoms with E-state index in [0.717, 1.165) is 23.4 Å². The van der Waals surface area contributed by atoms with Crippen LogP contribution in [0.25, 0.3) is 5.69 Å². The van der Waals surface area contributed by atoms with E-state index in [1.807, 2.05) is 53.4 Å². The highest BCUT2D eigenvalue weighted by atomic mass is 19.4. The lowest BCUT2D eigenvalue weighted by Crippen LogP contribution is -2.24. The number of benzene rings is 2. The molecule has 3 aromatic rings. The molecule has 0 fully saturated rings. The molecule has 0 aliphatic rings. The van der Waals surface area contributed by atoms with E-state index >= 15 is 0 Å². The highest BCUT2D eigenvalue weighted by molar-refractivity contribution is 5.78. The maximum atomic E-state index is 12.5. The van der Waals surface area contributed by atoms with Crippen LogP contribution in [0.5, 0.6) is 0 Å². The van der Waals surface area contributed by atoms with Gasteiger partial charge in [-0.05, 0) is 47.5 Å². The van der Waals surface area contributed by atoms with Crippen LogP contribution in [0, 0.1) is 0 Å². The van der Waals surface area contributed by atoms with Gasteiger partial charge >= 0.3 is 6.18 Å². The van der Waals surface area contributed by atoms with E-state index in [4.69, 9.17) is 0 Å². The van der Waals surface area contributed by atoms with Crippen molar-refractivity contribution in [1.29, 1.82) is 0 Å². The van der Waals surface area contributed by atoms with Gasteiger partial charge in [0.25, 0.3) is 0 Å². The molecule has 0 aliphatic carbocycles. The van der Waals surface area contributed by atoms with Crippen molar-refractivity contribution in [3.63, 3.8) is 0 Å². The molecule has 2 aromatic carbocycles. The lowest BCUT2D eigenvalue weighted by Gasteiger charge is -2.09. The van der Waals surface area contributed by atoms with Crippen molar-refractivity contribution < 1.29 is 18.0 Å². The minimum absolute atomic E-state index is 0.182. The highest BCUT2D eigenvalue weighted by Gasteiger charge is 2.29. The molecular formula is C20H17F3N2O. The summed E-state index contributed by atoms with van der Waals surface area (Å²) >= 11 is 0. The van der Waals surface area contributed by atoms with Crippen molar-refractivity contribution in [1.82, 2.24) is 9.88 Å². The molecule has 0 radical (unpaired) electrons. The molecule has 1 amide bonds. The summed E-state index contributed by atoms with van der Waals surface area (Å²) in [6.45, 7) is 0.193. The Balaban J connectivity index is 1.52. The Hall–Kier alpha value is -3.02. The second kappa shape index (κ2) is 7.47. The topological polar surface area (TPSA) is 34.0 Å². The van der Waals surface area contributed by atoms with Crippen molar-refractivity contribution in [2.75, 3.05) is 0 Å². The summed E-state index contributed by atoms with van der Waals surface area (Å²) in [5.74, 6) is -0.182. The monoisotopic (exact) mass is 358 g/mol. The Morgan fingerprint density at radius 1 is 0.885 bits per heavy atom. The minimum atomic E-state index is -4.35. The van der Waals surface area contributed by atoms with Gasteiger partial charge in [-0.3, -0.25) is 4.79 Å². The fraction of sp³-hybridized carbons (Fsp3) is 0.150. The van der Waals surface area contributed by atoms with Gasteiger partial charge in [-0.2, -0.15) is 13.2 Å². The number of halogens is 3. The summed E-state index contributed by atoms with van der Waals surface area (Å²) in [4.78, 5) is 12.0. The van der Waals surface area contributed by atoms with Crippen molar-refractivity contribution in [3.8, 4) is 5.69 Å². The largest absolute Gasteiger partial charge is 0.416 e. The van der Waals surface area contributed by atoms with Gasteiger partial charge in [0.2, 0.25) is 5.91 Å². The molecule has 0 bridgehead atoms. The number of hydrogen-bond donors (Lipinski definition) is 1. The van der Waals surface area contributed by atoms with Crippen LogP contribution in [0.15, 0.2) is 73.1 Å². The van der Waals surface area contributed by atoms with E-state index in [9.17, 15) is 18.0 Å². The molecule has 3 nitrogen and oxygen atoms in total. The van der Waals surface area contributed by atoms with E-state index in [2.05, 4.69) is 5.32 Å². The van der Waals surface area contributed by atoms with Crippen LogP contribution in [0.4, 0.5) is 13.2 Å². The average Bonchev–Trinajstić information content (AvgIpc) is 3.15. The van der Waals surface area contributed by atoms with Crippen molar-refractivity contribution in [3.05, 3.63) is 89.7 Å². The maximum absolute atomic E-state index is 12.5. The first-order chi connectivity index (χ1) is 12.4. The van der Waals surface area contributed by atoms with Crippen LogP contribution >= 0.6 is 0 Å². The van der Waals surface area contributed by atoms with Gasteiger partial charge < -0.3 is 9.88 Å². The molecule has 134 valence electrons. The number of hydrogen-bond acceptors (Lipinski definition) is 1. The van der Waals surface area contributed by atoms with Crippen molar-refractivity contribution in [2.24, 2.45) is 0 Å². The van der Waals surface area contributed by atoms with E-state index in [1.165, 1.54) is 12.1 Å². The molecule has 0 aliphatic heterocycles. The first-order valence-corrected chi connectivity index (χ1v) is 8.07. The molecule has 0 saturated carbocycles. The Morgan fingerprint density at radius 2 is 1.46 bits per heavy atom. The standard InChI is InChI=1S/C20H17F3N2O/c21-20(22,23)17-7-3-16(4-8-17)14-24-19(26)13-15-5-9-18(10-6-15)25-11-1-2-12-25/h1-12H,13-14H2,(H,24,26). The van der Waals surface area contributed by atoms with E-state index in [1.54, 1.807) is 0 Å². The molecule has 1 heterocycles. The smallest absolute Gasteiger partial charge is 0.352 e. The zero-order valence-corrected chi connectivity index (χ0v) is 13.8. The number of amides is 1. The fourth-order valence-corrected chi connectivity index (χ4v) is 2.55. The van der Waals surface area contributed by atoms with E-state index in [-0.39, 0.29) is 18.9 Å². The third-order valence-electron chi connectivity index (χ3n) is 3.97. The third-order valence-corrected chi connectivity index (χ3v) is 3.97. The van der Waals surface area contributed by atoms with Crippen LogP contribution in [-0.4, -0.2) is 10.5 Å². The summed E-state index contributed by atoms with van der Waals surface area (Å²) < 4.78 is 39.5. The van der Waals surface area contributed by atoms with Gasteiger partial charge in [-0.25, -0.2) is 0 Å². The number of nitrogens with zero attached hydrogens (tertiary/aromatic N) is 1. The van der Waals surface area contributed by atoms with Crippen LogP contribution in [0.3, 0.4) is 0 Å². The van der Waals surface area contributed by atoms with Crippen LogP contribution < -0.4 is 5.32 Å². The Kier molecular flexibility index (Phi) is 5.11. The Labute approximate surface area is 149 Å². The fourth-order valence-electron chi connectivity index (χ4n) is 2.55. The molecule has 0 atom stereocenters. The molecular weight excluding hydrogens is 341 g/mol. The lowest BCUT2D eigenvalue weighted by atomic mass is 10.1. The third kappa shape index (κ3) is 4.53. The number of aromatic nitrogens is 1. The second-order valence-corrected chi connectivity index (χ2v) is 5.90. The van der Waals surface area contributed by atoms with Crippen molar-refractivity contribution >= 4 is 5.91 Å². The number of alkyl halides is 3. The van der Waals surface area contributed by atoms with Gasteiger partial charge in [0, 0.05) is 24.6 Å². The summed E-state index contributed by atoms with van der Waals surface area (Å²) in [5, 5.41) is 2.72. The van der Waals surface area contributed by atoms with Crippen molar-refractivity contribution in [2.45, 2.75) is 19.1 Å². The van der Waals surface area contributed by atoms with Gasteiger partial charge in [-0.1, -0.05) is 24.3 Å². The van der Waals surface area contributed by atoms with Gasteiger partial charge in [0.05, 0.1) is 12.0 Å². The first kappa shape index (κ1) is 17.8. The maximum Gasteiger partial charge on any atom is 0.416 e. The zero-order chi connectivity index (χ0) is 18.6. The number of nitrogens with one attached hydrogen (secondary N) is 1. The predicted molar refractivity (Wildman–Crippen MR) is 92.8 cm³/mol. The first-order valence-electron chi connectivity index (χ1n) is 8.07. The molecule has 0 spiro atoms. The highest BCUT2D eigenvalue weighted by Crippen LogP contribution is 2.29. The van der Waals surface area contributed by atoms with Gasteiger partial charge in [0.1, 0.15) is 0 Å².